The highest BCUT2D eigenvalue weighted by atomic mass is 19.4. The molecule has 0 aliphatic rings. The van der Waals surface area contributed by atoms with Crippen LogP contribution >= 0.6 is 0 Å². The van der Waals surface area contributed by atoms with Gasteiger partial charge in [-0.25, -0.2) is 0 Å². The molecular formula is C28H29F6NO3. The van der Waals surface area contributed by atoms with Gasteiger partial charge in [0.1, 0.15) is 0 Å². The Morgan fingerprint density at radius 3 is 1.97 bits per heavy atom. The summed E-state index contributed by atoms with van der Waals surface area (Å²) in [4.78, 5) is 0. The molecule has 0 amide bonds. The standard InChI is InChI=1S/C28H29F6NO3/c1-4-5-18-12-20(26(38,27(29,30)31)28(32,33)34)8-10-22(18)23-13-21(9-6-16(23)2)35-25-11-7-19(14-36)24(15-37)17(25)3/h6-13,35-38H,4-5,14-15H2,1-3H3. The van der Waals surface area contributed by atoms with Gasteiger partial charge in [0.25, 0.3) is 5.60 Å². The fraction of sp³-hybridized carbons (Fsp3) is 0.357. The zero-order chi connectivity index (χ0) is 28.5. The van der Waals surface area contributed by atoms with Crippen molar-refractivity contribution in [3.8, 4) is 11.1 Å². The molecule has 0 aromatic heterocycles. The molecule has 3 rings (SSSR count). The topological polar surface area (TPSA) is 72.7 Å². The Balaban J connectivity index is 2.12. The van der Waals surface area contributed by atoms with Crippen molar-refractivity contribution < 1.29 is 41.7 Å². The van der Waals surface area contributed by atoms with Crippen molar-refractivity contribution in [2.24, 2.45) is 0 Å². The van der Waals surface area contributed by atoms with Crippen LogP contribution in [0.3, 0.4) is 0 Å². The molecule has 0 unspecified atom stereocenters. The van der Waals surface area contributed by atoms with Gasteiger partial charge in [-0.15, -0.1) is 0 Å². The van der Waals surface area contributed by atoms with Crippen molar-refractivity contribution in [1.29, 1.82) is 0 Å². The normalized spacial score (nSPS) is 12.6. The number of hydrogen-bond donors (Lipinski definition) is 4. The van der Waals surface area contributed by atoms with E-state index in [1.54, 1.807) is 51.1 Å². The summed E-state index contributed by atoms with van der Waals surface area (Å²) in [5, 5.41) is 32.3. The lowest BCUT2D eigenvalue weighted by Gasteiger charge is -2.33. The molecule has 10 heteroatoms. The van der Waals surface area contributed by atoms with Crippen LogP contribution < -0.4 is 5.32 Å². The maximum absolute atomic E-state index is 13.5. The van der Waals surface area contributed by atoms with Gasteiger partial charge in [0.05, 0.1) is 13.2 Å². The predicted octanol–water partition coefficient (Wildman–Crippen LogP) is 6.96. The van der Waals surface area contributed by atoms with Crippen molar-refractivity contribution in [2.45, 2.75) is 64.8 Å². The quantitative estimate of drug-likeness (QED) is 0.233. The number of aliphatic hydroxyl groups excluding tert-OH is 2. The third-order valence-electron chi connectivity index (χ3n) is 6.69. The van der Waals surface area contributed by atoms with E-state index in [1.165, 1.54) is 6.07 Å². The van der Waals surface area contributed by atoms with Gasteiger partial charge >= 0.3 is 12.4 Å². The van der Waals surface area contributed by atoms with E-state index in [4.69, 9.17) is 0 Å². The van der Waals surface area contributed by atoms with Gasteiger partial charge in [-0.3, -0.25) is 0 Å². The molecule has 4 N–H and O–H groups in total. The molecule has 206 valence electrons. The molecule has 38 heavy (non-hydrogen) atoms. The first-order valence-electron chi connectivity index (χ1n) is 11.9. The molecule has 0 saturated heterocycles. The van der Waals surface area contributed by atoms with Crippen LogP contribution in [-0.4, -0.2) is 27.7 Å². The minimum absolute atomic E-state index is 0.188. The molecule has 0 aliphatic heterocycles. The van der Waals surface area contributed by atoms with Crippen LogP contribution in [0, 0.1) is 13.8 Å². The van der Waals surface area contributed by atoms with Crippen LogP contribution in [0.1, 0.15) is 46.7 Å². The van der Waals surface area contributed by atoms with Gasteiger partial charge in [-0.05, 0) is 77.4 Å². The maximum atomic E-state index is 13.5. The number of benzene rings is 3. The number of halogens is 6. The van der Waals surface area contributed by atoms with Crippen molar-refractivity contribution in [2.75, 3.05) is 5.32 Å². The Morgan fingerprint density at radius 1 is 0.763 bits per heavy atom. The highest BCUT2D eigenvalue weighted by molar-refractivity contribution is 5.77. The molecule has 4 nitrogen and oxygen atoms in total. The molecule has 0 saturated carbocycles. The lowest BCUT2D eigenvalue weighted by Crippen LogP contribution is -2.53. The third kappa shape index (κ3) is 5.39. The molecule has 0 atom stereocenters. The summed E-state index contributed by atoms with van der Waals surface area (Å²) in [5.41, 5.74) is -1.12. The van der Waals surface area contributed by atoms with Gasteiger partial charge in [0, 0.05) is 16.9 Å². The SMILES string of the molecule is CCCc1cc(C(O)(C(F)(F)F)C(F)(F)F)ccc1-c1cc(Nc2ccc(CO)c(CO)c2C)ccc1C. The minimum Gasteiger partial charge on any atom is -0.392 e. The first-order valence-corrected chi connectivity index (χ1v) is 11.9. The summed E-state index contributed by atoms with van der Waals surface area (Å²) in [6, 6.07) is 11.3. The molecule has 0 spiro atoms. The van der Waals surface area contributed by atoms with Gasteiger partial charge in [0.2, 0.25) is 0 Å². The largest absolute Gasteiger partial charge is 0.430 e. The molecule has 0 aliphatic carbocycles. The molecular weight excluding hydrogens is 512 g/mol. The van der Waals surface area contributed by atoms with E-state index in [0.29, 0.717) is 46.1 Å². The molecule has 3 aromatic carbocycles. The molecule has 0 fully saturated rings. The zero-order valence-electron chi connectivity index (χ0n) is 21.1. The Kier molecular flexibility index (Phi) is 8.50. The van der Waals surface area contributed by atoms with E-state index >= 15 is 0 Å². The molecule has 0 radical (unpaired) electrons. The van der Waals surface area contributed by atoms with E-state index in [0.717, 1.165) is 17.2 Å². The average molecular weight is 542 g/mol. The van der Waals surface area contributed by atoms with Gasteiger partial charge in [0.15, 0.2) is 0 Å². The number of hydrogen-bond acceptors (Lipinski definition) is 4. The third-order valence-corrected chi connectivity index (χ3v) is 6.69. The van der Waals surface area contributed by atoms with E-state index in [-0.39, 0.29) is 25.2 Å². The van der Waals surface area contributed by atoms with E-state index in [1.807, 2.05) is 0 Å². The first kappa shape index (κ1) is 29.5. The smallest absolute Gasteiger partial charge is 0.392 e. The van der Waals surface area contributed by atoms with Crippen LogP contribution in [0.25, 0.3) is 11.1 Å². The molecule has 0 bridgehead atoms. The van der Waals surface area contributed by atoms with Crippen molar-refractivity contribution >= 4 is 11.4 Å². The van der Waals surface area contributed by atoms with Gasteiger partial charge in [-0.1, -0.05) is 43.7 Å². The highest BCUT2D eigenvalue weighted by Gasteiger charge is 2.71. The summed E-state index contributed by atoms with van der Waals surface area (Å²) < 4.78 is 80.9. The lowest BCUT2D eigenvalue weighted by molar-refractivity contribution is -0.376. The second-order valence-corrected chi connectivity index (χ2v) is 9.17. The zero-order valence-corrected chi connectivity index (χ0v) is 21.1. The monoisotopic (exact) mass is 541 g/mol. The number of alkyl halides is 6. The van der Waals surface area contributed by atoms with Crippen LogP contribution in [0.2, 0.25) is 0 Å². The van der Waals surface area contributed by atoms with Crippen molar-refractivity contribution in [3.05, 3.63) is 81.9 Å². The Hall–Kier alpha value is -3.08. The minimum atomic E-state index is -5.97. The van der Waals surface area contributed by atoms with Crippen LogP contribution in [0.5, 0.6) is 0 Å². The number of aliphatic hydroxyl groups is 3. The summed E-state index contributed by atoms with van der Waals surface area (Å²) in [5.74, 6) is 0. The summed E-state index contributed by atoms with van der Waals surface area (Å²) in [7, 11) is 0. The second kappa shape index (κ2) is 11.0. The summed E-state index contributed by atoms with van der Waals surface area (Å²) >= 11 is 0. The number of aryl methyl sites for hydroxylation is 2. The fourth-order valence-electron chi connectivity index (χ4n) is 4.51. The first-order chi connectivity index (χ1) is 17.7. The van der Waals surface area contributed by atoms with Crippen LogP contribution in [0.15, 0.2) is 48.5 Å². The van der Waals surface area contributed by atoms with E-state index in [9.17, 15) is 41.7 Å². The summed E-state index contributed by atoms with van der Waals surface area (Å²) in [6.07, 6.45) is -11.3. The Bertz CT molecular complexity index is 1290. The fourth-order valence-corrected chi connectivity index (χ4v) is 4.51. The number of nitrogens with one attached hydrogen (secondary N) is 1. The van der Waals surface area contributed by atoms with Gasteiger partial charge in [-0.2, -0.15) is 26.3 Å². The van der Waals surface area contributed by atoms with E-state index in [2.05, 4.69) is 5.32 Å². The Morgan fingerprint density at radius 2 is 1.42 bits per heavy atom. The number of anilines is 2. The molecule has 0 heterocycles. The lowest BCUT2D eigenvalue weighted by atomic mass is 9.86. The highest BCUT2D eigenvalue weighted by Crippen LogP contribution is 2.50. The van der Waals surface area contributed by atoms with E-state index < -0.39 is 23.5 Å². The average Bonchev–Trinajstić information content (AvgIpc) is 2.84. The molecule has 3 aromatic rings. The Labute approximate surface area is 216 Å². The summed E-state index contributed by atoms with van der Waals surface area (Å²) in [6.45, 7) is 4.79. The van der Waals surface area contributed by atoms with Crippen LogP contribution in [-0.2, 0) is 25.2 Å². The second-order valence-electron chi connectivity index (χ2n) is 9.17. The number of rotatable bonds is 8. The van der Waals surface area contributed by atoms with Crippen LogP contribution in [0.4, 0.5) is 37.7 Å². The van der Waals surface area contributed by atoms with Crippen molar-refractivity contribution in [1.82, 2.24) is 0 Å². The predicted molar refractivity (Wildman–Crippen MR) is 133 cm³/mol. The maximum Gasteiger partial charge on any atom is 0.430 e. The van der Waals surface area contributed by atoms with Crippen molar-refractivity contribution in [3.63, 3.8) is 0 Å². The van der Waals surface area contributed by atoms with Gasteiger partial charge < -0.3 is 20.6 Å².